The van der Waals surface area contributed by atoms with Crippen molar-refractivity contribution in [1.82, 2.24) is 0 Å². The van der Waals surface area contributed by atoms with Crippen LogP contribution in [0.2, 0.25) is 5.02 Å². The summed E-state index contributed by atoms with van der Waals surface area (Å²) in [5.41, 5.74) is 1.94. The number of fused-ring (bicyclic) bond motifs is 1. The van der Waals surface area contributed by atoms with E-state index in [2.05, 4.69) is 15.2 Å². The fraction of sp³-hybridized carbons (Fsp3) is 0.394. The van der Waals surface area contributed by atoms with Crippen molar-refractivity contribution in [3.8, 4) is 11.5 Å². The summed E-state index contributed by atoms with van der Waals surface area (Å²) in [4.78, 5) is 21.3. The van der Waals surface area contributed by atoms with Crippen molar-refractivity contribution in [2.24, 2.45) is 5.16 Å². The Balaban J connectivity index is 1.70. The van der Waals surface area contributed by atoms with Crippen molar-refractivity contribution in [2.75, 3.05) is 30.5 Å². The summed E-state index contributed by atoms with van der Waals surface area (Å²) in [6.45, 7) is 9.42. The van der Waals surface area contributed by atoms with E-state index in [1.54, 1.807) is 69.3 Å². The molecule has 0 radical (unpaired) electrons. The Morgan fingerprint density at radius 3 is 2.40 bits per heavy atom. The predicted octanol–water partition coefficient (Wildman–Crippen LogP) is 7.63. The molecule has 1 aliphatic rings. The van der Waals surface area contributed by atoms with E-state index < -0.39 is 35.1 Å². The molecular weight excluding hydrogens is 611 g/mol. The molecule has 1 atom stereocenters. The van der Waals surface area contributed by atoms with Crippen LogP contribution in [0.5, 0.6) is 11.5 Å². The van der Waals surface area contributed by atoms with Crippen LogP contribution >= 0.6 is 11.6 Å². The number of anilines is 2. The van der Waals surface area contributed by atoms with Crippen molar-refractivity contribution in [3.05, 3.63) is 82.4 Å². The number of methoxy groups -OCH3 is 1. The molecule has 0 aliphatic carbocycles. The van der Waals surface area contributed by atoms with Gasteiger partial charge in [0.15, 0.2) is 0 Å². The second-order valence-corrected chi connectivity index (χ2v) is 12.6. The van der Waals surface area contributed by atoms with Crippen molar-refractivity contribution in [1.29, 1.82) is 0 Å². The number of aliphatic hydroxyl groups is 1. The summed E-state index contributed by atoms with van der Waals surface area (Å²) < 4.78 is 48.8. The Hall–Kier alpha value is -3.96. The van der Waals surface area contributed by atoms with Crippen LogP contribution in [0, 0.1) is 0 Å². The molecule has 0 saturated carbocycles. The first-order valence-electron chi connectivity index (χ1n) is 14.3. The summed E-state index contributed by atoms with van der Waals surface area (Å²) in [6, 6.07) is 15.1. The van der Waals surface area contributed by atoms with Gasteiger partial charge in [0, 0.05) is 46.8 Å². The van der Waals surface area contributed by atoms with E-state index in [1.807, 2.05) is 13.8 Å². The zero-order chi connectivity index (χ0) is 33.2. The zero-order valence-corrected chi connectivity index (χ0v) is 26.7. The first kappa shape index (κ1) is 33.9. The molecule has 8 nitrogen and oxygen atoms in total. The minimum absolute atomic E-state index is 0.215. The molecule has 2 N–H and O–H groups in total. The Morgan fingerprint density at radius 1 is 1.09 bits per heavy atom. The number of nitrogens with zero attached hydrogens (tertiary/aromatic N) is 2. The second-order valence-electron chi connectivity index (χ2n) is 12.2. The molecular formula is C33H37ClF3N3O5. The van der Waals surface area contributed by atoms with Crippen LogP contribution < -0.4 is 19.7 Å². The SMILES string of the molecule is COc1cc(NC(C(=O)N2CC(C)(C)c3ccc(OC(F)(F)F)cc32)c2ccc(Cl)cc2)cc(/C(C)=N/OCCC(C)(C)O)c1. The van der Waals surface area contributed by atoms with Crippen molar-refractivity contribution in [2.45, 2.75) is 64.5 Å². The third-order valence-electron chi connectivity index (χ3n) is 7.37. The minimum atomic E-state index is -4.88. The number of ether oxygens (including phenoxy) is 2. The van der Waals surface area contributed by atoms with Gasteiger partial charge in [-0.15, -0.1) is 13.2 Å². The van der Waals surface area contributed by atoms with Gasteiger partial charge < -0.3 is 29.6 Å². The summed E-state index contributed by atoms with van der Waals surface area (Å²) >= 11 is 6.15. The number of amides is 1. The number of oxime groups is 1. The Bertz CT molecular complexity index is 1550. The number of carbonyl (C=O) groups is 1. The predicted molar refractivity (Wildman–Crippen MR) is 168 cm³/mol. The van der Waals surface area contributed by atoms with Gasteiger partial charge in [-0.1, -0.05) is 48.8 Å². The molecule has 0 spiro atoms. The van der Waals surface area contributed by atoms with Crippen molar-refractivity contribution >= 4 is 34.6 Å². The third kappa shape index (κ3) is 8.82. The maximum Gasteiger partial charge on any atom is 0.573 e. The molecule has 3 aromatic carbocycles. The molecule has 0 bridgehead atoms. The van der Waals surface area contributed by atoms with Crippen molar-refractivity contribution < 1.29 is 37.4 Å². The molecule has 242 valence electrons. The van der Waals surface area contributed by atoms with Gasteiger partial charge in [0.1, 0.15) is 24.1 Å². The number of carbonyl (C=O) groups excluding carboxylic acids is 1. The number of rotatable bonds is 11. The Labute approximate surface area is 265 Å². The van der Waals surface area contributed by atoms with Crippen LogP contribution in [0.25, 0.3) is 0 Å². The van der Waals surface area contributed by atoms with E-state index in [0.29, 0.717) is 45.4 Å². The summed E-state index contributed by atoms with van der Waals surface area (Å²) in [5.74, 6) is -0.312. The third-order valence-corrected chi connectivity index (χ3v) is 7.62. The van der Waals surface area contributed by atoms with Gasteiger partial charge in [-0.2, -0.15) is 0 Å². The molecule has 4 rings (SSSR count). The Kier molecular flexibility index (Phi) is 9.94. The highest BCUT2D eigenvalue weighted by Crippen LogP contribution is 2.44. The summed E-state index contributed by atoms with van der Waals surface area (Å²) in [6.07, 6.45) is -4.49. The van der Waals surface area contributed by atoms with Gasteiger partial charge in [-0.05, 0) is 62.2 Å². The summed E-state index contributed by atoms with van der Waals surface area (Å²) in [7, 11) is 1.51. The van der Waals surface area contributed by atoms with Gasteiger partial charge >= 0.3 is 6.36 Å². The molecule has 1 amide bonds. The largest absolute Gasteiger partial charge is 0.573 e. The lowest BCUT2D eigenvalue weighted by molar-refractivity contribution is -0.274. The highest BCUT2D eigenvalue weighted by molar-refractivity contribution is 6.30. The van der Waals surface area contributed by atoms with E-state index in [-0.39, 0.29) is 13.2 Å². The topological polar surface area (TPSA) is 92.6 Å². The summed E-state index contributed by atoms with van der Waals surface area (Å²) in [5, 5.41) is 17.9. The lowest BCUT2D eigenvalue weighted by atomic mass is 9.87. The van der Waals surface area contributed by atoms with E-state index >= 15 is 0 Å². The number of nitrogens with one attached hydrogen (secondary N) is 1. The van der Waals surface area contributed by atoms with Crippen LogP contribution in [0.1, 0.15) is 63.8 Å². The highest BCUT2D eigenvalue weighted by Gasteiger charge is 2.41. The van der Waals surface area contributed by atoms with Crippen LogP contribution in [0.4, 0.5) is 24.5 Å². The van der Waals surface area contributed by atoms with Crippen molar-refractivity contribution in [3.63, 3.8) is 0 Å². The van der Waals surface area contributed by atoms with Gasteiger partial charge in [-0.3, -0.25) is 4.79 Å². The number of alkyl halides is 3. The zero-order valence-electron chi connectivity index (χ0n) is 26.0. The fourth-order valence-corrected chi connectivity index (χ4v) is 5.16. The van der Waals surface area contributed by atoms with Gasteiger partial charge in [0.2, 0.25) is 0 Å². The average Bonchev–Trinajstić information content (AvgIpc) is 3.22. The molecule has 0 saturated heterocycles. The van der Waals surface area contributed by atoms with E-state index in [1.165, 1.54) is 24.1 Å². The molecule has 12 heteroatoms. The number of halogens is 4. The second kappa shape index (κ2) is 13.2. The number of hydrogen-bond donors (Lipinski definition) is 2. The molecule has 1 unspecified atom stereocenters. The molecule has 0 fully saturated rings. The smallest absolute Gasteiger partial charge is 0.497 e. The van der Waals surface area contributed by atoms with E-state index in [4.69, 9.17) is 21.2 Å². The van der Waals surface area contributed by atoms with E-state index in [9.17, 15) is 23.1 Å². The van der Waals surface area contributed by atoms with Gasteiger partial charge in [-0.25, -0.2) is 0 Å². The number of benzene rings is 3. The monoisotopic (exact) mass is 647 g/mol. The van der Waals surface area contributed by atoms with Crippen LogP contribution in [0.3, 0.4) is 0 Å². The number of hydrogen-bond acceptors (Lipinski definition) is 7. The molecule has 1 heterocycles. The molecule has 1 aliphatic heterocycles. The lowest BCUT2D eigenvalue weighted by Gasteiger charge is -2.27. The quantitative estimate of drug-likeness (QED) is 0.126. The lowest BCUT2D eigenvalue weighted by Crippen LogP contribution is -2.39. The fourth-order valence-electron chi connectivity index (χ4n) is 5.03. The van der Waals surface area contributed by atoms with Crippen LogP contribution in [0.15, 0.2) is 65.8 Å². The maximum atomic E-state index is 14.4. The normalized spacial score (nSPS) is 15.4. The van der Waals surface area contributed by atoms with Gasteiger partial charge in [0.05, 0.1) is 24.1 Å². The minimum Gasteiger partial charge on any atom is -0.497 e. The first-order valence-corrected chi connectivity index (χ1v) is 14.7. The van der Waals surface area contributed by atoms with Crippen LogP contribution in [-0.4, -0.2) is 49.0 Å². The molecule has 0 aromatic heterocycles. The molecule has 45 heavy (non-hydrogen) atoms. The van der Waals surface area contributed by atoms with Gasteiger partial charge in [0.25, 0.3) is 5.91 Å². The molecule has 3 aromatic rings. The highest BCUT2D eigenvalue weighted by atomic mass is 35.5. The maximum absolute atomic E-state index is 14.4. The van der Waals surface area contributed by atoms with E-state index in [0.717, 1.165) is 5.56 Å². The average molecular weight is 648 g/mol. The van der Waals surface area contributed by atoms with Crippen LogP contribution in [-0.2, 0) is 15.0 Å². The Morgan fingerprint density at radius 2 is 1.78 bits per heavy atom. The standard InChI is InChI=1S/C33H37ClF3N3O5/c1-20(39-44-14-13-32(4,5)42)22-15-24(17-26(16-22)43-6)38-29(21-7-9-23(34)10-8-21)30(41)40-19-31(2,3)27-12-11-25(18-28(27)40)45-33(35,36)37/h7-12,15-18,29,38,42H,13-14,19H2,1-6H3/b39-20+. The first-order chi connectivity index (χ1) is 21.0.